The van der Waals surface area contributed by atoms with Crippen LogP contribution in [0.2, 0.25) is 18.1 Å². The molecule has 0 N–H and O–H groups in total. The molecule has 0 radical (unpaired) electrons. The lowest BCUT2D eigenvalue weighted by Crippen LogP contribution is -2.45. The second-order valence-corrected chi connectivity index (χ2v) is 13.3. The minimum Gasteiger partial charge on any atom is -0.517 e. The Hall–Kier alpha value is -1.12. The molecule has 1 aromatic rings. The highest BCUT2D eigenvalue weighted by Gasteiger charge is 2.41. The summed E-state index contributed by atoms with van der Waals surface area (Å²) in [6.07, 6.45) is 2.91. The fourth-order valence-corrected chi connectivity index (χ4v) is 3.29. The normalized spacial score (nSPS) is 13.5. The number of rotatable bonds is 5. The number of hydrogen-bond acceptors (Lipinski definition) is 4. The molecule has 0 fully saturated rings. The summed E-state index contributed by atoms with van der Waals surface area (Å²) >= 11 is 0. The fourth-order valence-electron chi connectivity index (χ4n) is 1.32. The number of nitrogens with zero attached hydrogens (tertiary/aromatic N) is 3. The van der Waals surface area contributed by atoms with Gasteiger partial charge < -0.3 is 4.43 Å². The summed E-state index contributed by atoms with van der Waals surface area (Å²) in [7, 11) is -2.96. The van der Waals surface area contributed by atoms with Crippen LogP contribution in [0.5, 0.6) is 6.01 Å². The topological polar surface area (TPSA) is 64.4 Å². The second-order valence-electron chi connectivity index (χ2n) is 6.59. The van der Waals surface area contributed by atoms with Gasteiger partial charge in [0.25, 0.3) is 14.3 Å². The molecule has 1 rings (SSSR count). The van der Waals surface area contributed by atoms with Crippen molar-refractivity contribution in [3.05, 3.63) is 18.5 Å². The third-order valence-corrected chi connectivity index (χ3v) is 9.83. The zero-order valence-corrected chi connectivity index (χ0v) is 15.7. The van der Waals surface area contributed by atoms with E-state index in [1.54, 1.807) is 0 Å². The van der Waals surface area contributed by atoms with Crippen molar-refractivity contribution in [1.82, 2.24) is 13.3 Å². The van der Waals surface area contributed by atoms with Crippen LogP contribution >= 0.6 is 0 Å². The van der Waals surface area contributed by atoms with E-state index in [4.69, 9.17) is 4.43 Å². The van der Waals surface area contributed by atoms with Crippen LogP contribution in [0.15, 0.2) is 12.8 Å². The van der Waals surface area contributed by atoms with Crippen LogP contribution in [0, 0.1) is 0 Å². The van der Waals surface area contributed by atoms with Crippen molar-refractivity contribution in [3.8, 4) is 6.01 Å². The Bertz CT molecular complexity index is 628. The zero-order valence-electron chi connectivity index (χ0n) is 13.8. The molecule has 0 atom stereocenters. The first kappa shape index (κ1) is 17.9. The van der Waals surface area contributed by atoms with Gasteiger partial charge >= 0.3 is 10.2 Å². The quantitative estimate of drug-likeness (QED) is 0.778. The van der Waals surface area contributed by atoms with Crippen molar-refractivity contribution in [2.24, 2.45) is 0 Å². The van der Waals surface area contributed by atoms with Crippen molar-refractivity contribution in [1.29, 1.82) is 0 Å². The van der Waals surface area contributed by atoms with Gasteiger partial charge in [0, 0.05) is 14.1 Å². The molecule has 1 heterocycles. The average molecular weight is 332 g/mol. The molecule has 0 aliphatic heterocycles. The Morgan fingerprint density at radius 1 is 1.38 bits per heavy atom. The Labute approximate surface area is 128 Å². The first-order chi connectivity index (χ1) is 9.34. The molecular weight excluding hydrogens is 306 g/mol. The van der Waals surface area contributed by atoms with Crippen LogP contribution in [0.1, 0.15) is 26.5 Å². The predicted molar refractivity (Wildman–Crippen MR) is 88.1 cm³/mol. The van der Waals surface area contributed by atoms with Crippen LogP contribution in [0.25, 0.3) is 6.08 Å². The van der Waals surface area contributed by atoms with Gasteiger partial charge in [-0.1, -0.05) is 27.4 Å². The van der Waals surface area contributed by atoms with Gasteiger partial charge in [0.1, 0.15) is 0 Å². The molecule has 21 heavy (non-hydrogen) atoms. The highest BCUT2D eigenvalue weighted by molar-refractivity contribution is 7.87. The van der Waals surface area contributed by atoms with Crippen LogP contribution in [0.3, 0.4) is 0 Å². The molecule has 0 bridgehead atoms. The smallest absolute Gasteiger partial charge is 0.311 e. The van der Waals surface area contributed by atoms with Crippen LogP contribution in [-0.2, 0) is 10.2 Å². The maximum absolute atomic E-state index is 12.5. The molecule has 0 spiro atoms. The van der Waals surface area contributed by atoms with Gasteiger partial charge in [-0.05, 0) is 24.2 Å². The average Bonchev–Trinajstić information content (AvgIpc) is 2.69. The maximum atomic E-state index is 12.5. The molecule has 0 amide bonds. The lowest BCUT2D eigenvalue weighted by molar-refractivity contribution is 0.445. The van der Waals surface area contributed by atoms with Gasteiger partial charge in [-0.15, -0.1) is 0 Å². The summed E-state index contributed by atoms with van der Waals surface area (Å²) in [5.74, 6) is 0. The van der Waals surface area contributed by atoms with Gasteiger partial charge in [0.05, 0.1) is 11.9 Å². The van der Waals surface area contributed by atoms with Gasteiger partial charge in [0.15, 0.2) is 0 Å². The van der Waals surface area contributed by atoms with Gasteiger partial charge in [-0.3, -0.25) is 0 Å². The molecule has 8 heteroatoms. The molecule has 0 saturated carbocycles. The van der Waals surface area contributed by atoms with Crippen molar-refractivity contribution in [2.75, 3.05) is 14.1 Å². The first-order valence-corrected chi connectivity index (χ1v) is 11.0. The van der Waals surface area contributed by atoms with Crippen molar-refractivity contribution in [2.45, 2.75) is 38.9 Å². The highest BCUT2D eigenvalue weighted by atomic mass is 32.2. The van der Waals surface area contributed by atoms with Gasteiger partial charge in [-0.2, -0.15) is 16.7 Å². The monoisotopic (exact) mass is 331 g/mol. The minimum absolute atomic E-state index is 0.0556. The maximum Gasteiger partial charge on any atom is 0.311 e. The van der Waals surface area contributed by atoms with E-state index in [9.17, 15) is 8.42 Å². The Morgan fingerprint density at radius 2 is 1.90 bits per heavy atom. The molecule has 1 aromatic heterocycles. The summed E-state index contributed by atoms with van der Waals surface area (Å²) in [6.45, 7) is 14.0. The predicted octanol–water partition coefficient (Wildman–Crippen LogP) is 2.56. The lowest BCUT2D eigenvalue weighted by Gasteiger charge is -2.35. The zero-order chi connectivity index (χ0) is 16.6. The van der Waals surface area contributed by atoms with Gasteiger partial charge in [-0.25, -0.2) is 4.98 Å². The van der Waals surface area contributed by atoms with E-state index in [2.05, 4.69) is 32.3 Å². The van der Waals surface area contributed by atoms with E-state index in [1.165, 1.54) is 26.4 Å². The second kappa shape index (κ2) is 5.58. The van der Waals surface area contributed by atoms with Crippen LogP contribution < -0.4 is 4.43 Å². The summed E-state index contributed by atoms with van der Waals surface area (Å²) in [5, 5.41) is -0.0556. The first-order valence-electron chi connectivity index (χ1n) is 6.67. The van der Waals surface area contributed by atoms with E-state index in [0.29, 0.717) is 5.69 Å². The summed E-state index contributed by atoms with van der Waals surface area (Å²) < 4.78 is 33.2. The van der Waals surface area contributed by atoms with E-state index in [1.807, 2.05) is 13.1 Å². The summed E-state index contributed by atoms with van der Waals surface area (Å²) in [4.78, 5) is 4.13. The summed E-state index contributed by atoms with van der Waals surface area (Å²) in [6, 6.07) is 0.102. The molecule has 0 aliphatic carbocycles. The van der Waals surface area contributed by atoms with Crippen LogP contribution in [-0.4, -0.2) is 44.1 Å². The van der Waals surface area contributed by atoms with E-state index < -0.39 is 18.5 Å². The Morgan fingerprint density at radius 3 is 2.29 bits per heavy atom. The fraction of sp³-hybridized carbons (Fsp3) is 0.615. The highest BCUT2D eigenvalue weighted by Crippen LogP contribution is 2.37. The summed E-state index contributed by atoms with van der Waals surface area (Å²) in [5.41, 5.74) is 0.386. The SMILES string of the molecule is C=Cc1cnc(O[Si](C)(C)C(C)(C)C)n1S(=O)(=O)N(C)C. The largest absolute Gasteiger partial charge is 0.517 e. The standard InChI is InChI=1S/C13H25N3O3SSi/c1-9-11-10-14-12(16(11)20(17,18)15(5)6)19-21(7,8)13(2,3)4/h9-10H,1H2,2-8H3. The van der Waals surface area contributed by atoms with Gasteiger partial charge in [0.2, 0.25) is 0 Å². The Balaban J connectivity index is 3.42. The molecular formula is C13H25N3O3SSi. The number of aromatic nitrogens is 2. The lowest BCUT2D eigenvalue weighted by atomic mass is 10.2. The van der Waals surface area contributed by atoms with Crippen LogP contribution in [0.4, 0.5) is 0 Å². The van der Waals surface area contributed by atoms with E-state index >= 15 is 0 Å². The molecule has 120 valence electrons. The van der Waals surface area contributed by atoms with Crippen molar-refractivity contribution < 1.29 is 12.8 Å². The Kier molecular flexibility index (Phi) is 4.76. The van der Waals surface area contributed by atoms with E-state index in [-0.39, 0.29) is 11.0 Å². The number of hydrogen-bond donors (Lipinski definition) is 0. The number of imidazole rings is 1. The van der Waals surface area contributed by atoms with E-state index in [0.717, 1.165) is 8.28 Å². The van der Waals surface area contributed by atoms with Crippen molar-refractivity contribution in [3.63, 3.8) is 0 Å². The molecule has 0 saturated heterocycles. The molecule has 0 unspecified atom stereocenters. The molecule has 6 nitrogen and oxygen atoms in total. The third kappa shape index (κ3) is 3.38. The molecule has 0 aliphatic rings. The molecule has 0 aromatic carbocycles. The minimum atomic E-state index is -3.71. The third-order valence-electron chi connectivity index (χ3n) is 3.77. The van der Waals surface area contributed by atoms with Crippen molar-refractivity contribution >= 4 is 24.6 Å².